The molecule has 2 amide bonds. The van der Waals surface area contributed by atoms with E-state index in [4.69, 9.17) is 0 Å². The Balaban J connectivity index is 2.01. The summed E-state index contributed by atoms with van der Waals surface area (Å²) in [7, 11) is 0. The van der Waals surface area contributed by atoms with E-state index in [1.165, 1.54) is 24.0 Å². The molecule has 2 rings (SSSR count). The Kier molecular flexibility index (Phi) is 5.46. The summed E-state index contributed by atoms with van der Waals surface area (Å²) in [6.07, 6.45) is 0. The molecule has 0 saturated heterocycles. The van der Waals surface area contributed by atoms with Gasteiger partial charge >= 0.3 is 0 Å². The second-order valence-electron chi connectivity index (χ2n) is 5.36. The van der Waals surface area contributed by atoms with Gasteiger partial charge in [-0.25, -0.2) is 4.39 Å². The maximum Gasteiger partial charge on any atom is 0.244 e. The van der Waals surface area contributed by atoms with Gasteiger partial charge in [-0.1, -0.05) is 30.3 Å². The molecule has 0 aliphatic carbocycles. The van der Waals surface area contributed by atoms with E-state index in [1.54, 1.807) is 12.1 Å². The van der Waals surface area contributed by atoms with E-state index < -0.39 is 0 Å². The van der Waals surface area contributed by atoms with Gasteiger partial charge in [0.2, 0.25) is 11.8 Å². The molecule has 0 aliphatic rings. The summed E-state index contributed by atoms with van der Waals surface area (Å²) in [4.78, 5) is 25.3. The van der Waals surface area contributed by atoms with Crippen LogP contribution in [0.15, 0.2) is 48.5 Å². The van der Waals surface area contributed by atoms with Gasteiger partial charge < -0.3 is 10.2 Å². The average Bonchev–Trinajstić information content (AvgIpc) is 2.51. The van der Waals surface area contributed by atoms with Crippen molar-refractivity contribution < 1.29 is 14.0 Å². The van der Waals surface area contributed by atoms with Crippen LogP contribution in [-0.4, -0.2) is 23.3 Å². The van der Waals surface area contributed by atoms with E-state index in [2.05, 4.69) is 5.32 Å². The molecule has 4 nitrogen and oxygen atoms in total. The minimum atomic E-state index is -0.333. The van der Waals surface area contributed by atoms with Gasteiger partial charge in [-0.2, -0.15) is 0 Å². The molecule has 5 heteroatoms. The van der Waals surface area contributed by atoms with Gasteiger partial charge in [0, 0.05) is 19.2 Å². The summed E-state index contributed by atoms with van der Waals surface area (Å²) in [5, 5.41) is 2.80. The number of nitrogens with zero attached hydrogens (tertiary/aromatic N) is 1. The smallest absolute Gasteiger partial charge is 0.244 e. The minimum absolute atomic E-state index is 0.0545. The number of para-hydroxylation sites is 1. The van der Waals surface area contributed by atoms with Crippen molar-refractivity contribution in [3.05, 3.63) is 65.5 Å². The predicted molar refractivity (Wildman–Crippen MR) is 87.3 cm³/mol. The van der Waals surface area contributed by atoms with Crippen LogP contribution >= 0.6 is 0 Å². The quantitative estimate of drug-likeness (QED) is 0.922. The molecule has 0 atom stereocenters. The van der Waals surface area contributed by atoms with E-state index >= 15 is 0 Å². The van der Waals surface area contributed by atoms with Crippen LogP contribution in [0.25, 0.3) is 0 Å². The van der Waals surface area contributed by atoms with Crippen molar-refractivity contribution in [2.75, 3.05) is 11.9 Å². The number of benzene rings is 2. The van der Waals surface area contributed by atoms with Crippen LogP contribution in [0, 0.1) is 12.7 Å². The molecule has 0 spiro atoms. The standard InChI is InChI=1S/C18H19FN2O2/c1-13-5-3-4-6-17(13)20-18(23)12-21(14(2)22)11-15-7-9-16(19)10-8-15/h3-10H,11-12H2,1-2H3,(H,20,23). The molecule has 0 unspecified atom stereocenters. The summed E-state index contributed by atoms with van der Waals surface area (Å²) >= 11 is 0. The third-order valence-electron chi connectivity index (χ3n) is 3.49. The Morgan fingerprint density at radius 1 is 1.09 bits per heavy atom. The van der Waals surface area contributed by atoms with Crippen LogP contribution in [0.2, 0.25) is 0 Å². The van der Waals surface area contributed by atoms with Crippen LogP contribution in [0.4, 0.5) is 10.1 Å². The van der Waals surface area contributed by atoms with Gasteiger partial charge in [0.15, 0.2) is 0 Å². The van der Waals surface area contributed by atoms with Crippen molar-refractivity contribution in [1.29, 1.82) is 0 Å². The number of aryl methyl sites for hydroxylation is 1. The molecule has 120 valence electrons. The number of hydrogen-bond acceptors (Lipinski definition) is 2. The molecule has 2 aromatic carbocycles. The number of rotatable bonds is 5. The van der Waals surface area contributed by atoms with Gasteiger partial charge in [0.25, 0.3) is 0 Å². The maximum absolute atomic E-state index is 12.9. The zero-order valence-corrected chi connectivity index (χ0v) is 13.2. The first-order valence-electron chi connectivity index (χ1n) is 7.31. The Bertz CT molecular complexity index is 698. The number of hydrogen-bond donors (Lipinski definition) is 1. The van der Waals surface area contributed by atoms with Crippen LogP contribution in [0.3, 0.4) is 0 Å². The molecule has 0 radical (unpaired) electrons. The lowest BCUT2D eigenvalue weighted by Crippen LogP contribution is -2.36. The molecule has 0 saturated carbocycles. The first-order valence-corrected chi connectivity index (χ1v) is 7.31. The molecule has 1 N–H and O–H groups in total. The summed E-state index contributed by atoms with van der Waals surface area (Å²) in [6.45, 7) is 3.51. The average molecular weight is 314 g/mol. The van der Waals surface area contributed by atoms with Crippen molar-refractivity contribution in [3.63, 3.8) is 0 Å². The lowest BCUT2D eigenvalue weighted by atomic mass is 10.2. The van der Waals surface area contributed by atoms with Gasteiger partial charge in [0.05, 0.1) is 0 Å². The number of carbonyl (C=O) groups is 2. The molecule has 0 aliphatic heterocycles. The van der Waals surface area contributed by atoms with Crippen LogP contribution < -0.4 is 5.32 Å². The molecule has 2 aromatic rings. The summed E-state index contributed by atoms with van der Waals surface area (Å²) in [5.74, 6) is -0.814. The number of carbonyl (C=O) groups excluding carboxylic acids is 2. The van der Waals surface area contributed by atoms with E-state index in [-0.39, 0.29) is 30.7 Å². The van der Waals surface area contributed by atoms with Crippen molar-refractivity contribution in [2.24, 2.45) is 0 Å². The maximum atomic E-state index is 12.9. The Morgan fingerprint density at radius 2 is 1.74 bits per heavy atom. The van der Waals surface area contributed by atoms with E-state index in [1.807, 2.05) is 31.2 Å². The fraction of sp³-hybridized carbons (Fsp3) is 0.222. The minimum Gasteiger partial charge on any atom is -0.329 e. The Hall–Kier alpha value is -2.69. The molecule has 0 bridgehead atoms. The topological polar surface area (TPSA) is 49.4 Å². The highest BCUT2D eigenvalue weighted by atomic mass is 19.1. The fourth-order valence-electron chi connectivity index (χ4n) is 2.16. The van der Waals surface area contributed by atoms with Gasteiger partial charge in [-0.3, -0.25) is 9.59 Å². The molecule has 23 heavy (non-hydrogen) atoms. The normalized spacial score (nSPS) is 10.2. The van der Waals surface area contributed by atoms with E-state index in [0.29, 0.717) is 0 Å². The number of halogens is 1. The van der Waals surface area contributed by atoms with E-state index in [9.17, 15) is 14.0 Å². The van der Waals surface area contributed by atoms with Crippen LogP contribution in [-0.2, 0) is 16.1 Å². The fourth-order valence-corrected chi connectivity index (χ4v) is 2.16. The summed E-state index contributed by atoms with van der Waals surface area (Å²) in [6, 6.07) is 13.3. The lowest BCUT2D eigenvalue weighted by Gasteiger charge is -2.21. The van der Waals surface area contributed by atoms with Gasteiger partial charge in [-0.05, 0) is 36.2 Å². The highest BCUT2D eigenvalue weighted by Crippen LogP contribution is 2.13. The molecule has 0 heterocycles. The predicted octanol–water partition coefficient (Wildman–Crippen LogP) is 3.12. The van der Waals surface area contributed by atoms with Gasteiger partial charge in [-0.15, -0.1) is 0 Å². The molecular formula is C18H19FN2O2. The zero-order chi connectivity index (χ0) is 16.8. The first-order chi connectivity index (χ1) is 11.0. The van der Waals surface area contributed by atoms with Crippen LogP contribution in [0.5, 0.6) is 0 Å². The number of nitrogens with one attached hydrogen (secondary N) is 1. The molecule has 0 aromatic heterocycles. The van der Waals surface area contributed by atoms with Crippen LogP contribution in [0.1, 0.15) is 18.1 Å². The summed E-state index contributed by atoms with van der Waals surface area (Å²) in [5.41, 5.74) is 2.45. The number of amides is 2. The third kappa shape index (κ3) is 4.92. The summed E-state index contributed by atoms with van der Waals surface area (Å²) < 4.78 is 12.9. The molecule has 0 fully saturated rings. The number of anilines is 1. The third-order valence-corrected chi connectivity index (χ3v) is 3.49. The Labute approximate surface area is 134 Å². The highest BCUT2D eigenvalue weighted by molar-refractivity contribution is 5.94. The van der Waals surface area contributed by atoms with Crippen molar-refractivity contribution in [3.8, 4) is 0 Å². The SMILES string of the molecule is CC(=O)N(CC(=O)Nc1ccccc1C)Cc1ccc(F)cc1. The first kappa shape index (κ1) is 16.7. The van der Waals surface area contributed by atoms with Gasteiger partial charge in [0.1, 0.15) is 12.4 Å². The monoisotopic (exact) mass is 314 g/mol. The zero-order valence-electron chi connectivity index (χ0n) is 13.2. The molecular weight excluding hydrogens is 295 g/mol. The van der Waals surface area contributed by atoms with Crippen molar-refractivity contribution in [2.45, 2.75) is 20.4 Å². The van der Waals surface area contributed by atoms with Crippen molar-refractivity contribution >= 4 is 17.5 Å². The second-order valence-corrected chi connectivity index (χ2v) is 5.36. The largest absolute Gasteiger partial charge is 0.329 e. The Morgan fingerprint density at radius 3 is 2.35 bits per heavy atom. The second kappa shape index (κ2) is 7.54. The lowest BCUT2D eigenvalue weighted by molar-refractivity contribution is -0.133. The van der Waals surface area contributed by atoms with E-state index in [0.717, 1.165) is 16.8 Å². The highest BCUT2D eigenvalue weighted by Gasteiger charge is 2.15. The van der Waals surface area contributed by atoms with Crippen molar-refractivity contribution in [1.82, 2.24) is 4.90 Å².